The summed E-state index contributed by atoms with van der Waals surface area (Å²) in [5.41, 5.74) is 0. The van der Waals surface area contributed by atoms with E-state index in [1.807, 2.05) is 0 Å². The maximum absolute atomic E-state index is 12.8. The van der Waals surface area contributed by atoms with Crippen molar-refractivity contribution in [1.29, 1.82) is 0 Å². The molecule has 5 nitrogen and oxygen atoms in total. The van der Waals surface area contributed by atoms with Crippen LogP contribution in [0.4, 0.5) is 0 Å². The lowest BCUT2D eigenvalue weighted by Crippen LogP contribution is -2.30. The molecule has 0 rings (SSSR count). The molecule has 0 radical (unpaired) electrons. The van der Waals surface area contributed by atoms with Gasteiger partial charge in [0, 0.05) is 19.4 Å². The molecule has 0 aliphatic carbocycles. The highest BCUT2D eigenvalue weighted by molar-refractivity contribution is 5.70. The van der Waals surface area contributed by atoms with Crippen molar-refractivity contribution in [2.45, 2.75) is 181 Å². The third-order valence-corrected chi connectivity index (χ3v) is 9.35. The van der Waals surface area contributed by atoms with Crippen LogP contribution in [0.3, 0.4) is 0 Å². The van der Waals surface area contributed by atoms with Crippen LogP contribution in [-0.4, -0.2) is 37.9 Å². The van der Waals surface area contributed by atoms with Gasteiger partial charge in [0.2, 0.25) is 0 Å². The van der Waals surface area contributed by atoms with Gasteiger partial charge in [-0.05, 0) is 135 Å². The first kappa shape index (κ1) is 57.8. The molecule has 5 heteroatoms. The predicted molar refractivity (Wildman–Crippen MR) is 269 cm³/mol. The molecule has 0 bridgehead atoms. The van der Waals surface area contributed by atoms with Gasteiger partial charge in [0.05, 0.1) is 6.61 Å². The minimum Gasteiger partial charge on any atom is -0.462 e. The van der Waals surface area contributed by atoms with Crippen LogP contribution >= 0.6 is 0 Å². The van der Waals surface area contributed by atoms with Gasteiger partial charge >= 0.3 is 11.9 Å². The summed E-state index contributed by atoms with van der Waals surface area (Å²) in [7, 11) is 0. The van der Waals surface area contributed by atoms with Crippen molar-refractivity contribution >= 4 is 11.9 Å². The Labute approximate surface area is 381 Å². The Morgan fingerprint density at radius 1 is 0.355 bits per heavy atom. The Bertz CT molecular complexity index is 1380. The van der Waals surface area contributed by atoms with E-state index in [1.54, 1.807) is 0 Å². The largest absolute Gasteiger partial charge is 0.462 e. The Morgan fingerprint density at radius 2 is 0.677 bits per heavy atom. The molecule has 0 saturated heterocycles. The maximum atomic E-state index is 12.8. The fourth-order valence-electron chi connectivity index (χ4n) is 5.83. The summed E-state index contributed by atoms with van der Waals surface area (Å²) in [5.74, 6) is -0.520. The average molecular weight is 853 g/mol. The Hall–Kier alpha value is -4.22. The predicted octanol–water partition coefficient (Wildman–Crippen LogP) is 16.6. The van der Waals surface area contributed by atoms with E-state index in [9.17, 15) is 9.59 Å². The van der Waals surface area contributed by atoms with Crippen LogP contribution in [0.15, 0.2) is 146 Å². The molecule has 0 heterocycles. The zero-order chi connectivity index (χ0) is 44.9. The molecule has 0 aromatic carbocycles. The minimum atomic E-state index is -0.602. The van der Waals surface area contributed by atoms with Gasteiger partial charge < -0.3 is 14.2 Å². The number of allylic oxidation sites excluding steroid dienone is 24. The van der Waals surface area contributed by atoms with Gasteiger partial charge in [0.1, 0.15) is 6.61 Å². The van der Waals surface area contributed by atoms with Gasteiger partial charge in [-0.2, -0.15) is 0 Å². The second-order valence-corrected chi connectivity index (χ2v) is 15.2. The van der Waals surface area contributed by atoms with Crippen molar-refractivity contribution < 1.29 is 23.8 Å². The summed E-state index contributed by atoms with van der Waals surface area (Å²) in [6, 6.07) is 0. The van der Waals surface area contributed by atoms with Crippen molar-refractivity contribution in [3.05, 3.63) is 146 Å². The zero-order valence-corrected chi connectivity index (χ0v) is 39.6. The first-order chi connectivity index (χ1) is 30.6. The van der Waals surface area contributed by atoms with Gasteiger partial charge in [-0.25, -0.2) is 0 Å². The SMILES string of the molecule is CC/C=C\C/C=C\C/C=C\C/C=C\C/C=C\CCCCOCC(COC(=O)CCCC/C=C\C/C=C\C/C=C\C/C=C\CC)OC(=O)CCCCC/C=C\C/C=C\C/C=C\CC. The molecule has 0 aliphatic heterocycles. The van der Waals surface area contributed by atoms with E-state index < -0.39 is 6.10 Å². The highest BCUT2D eigenvalue weighted by Gasteiger charge is 2.17. The highest BCUT2D eigenvalue weighted by atomic mass is 16.6. The molecule has 1 atom stereocenters. The Balaban J connectivity index is 4.50. The monoisotopic (exact) mass is 853 g/mol. The molecule has 346 valence electrons. The maximum Gasteiger partial charge on any atom is 0.306 e. The molecule has 0 aromatic rings. The first-order valence-electron chi connectivity index (χ1n) is 24.4. The van der Waals surface area contributed by atoms with Crippen LogP contribution in [0, 0.1) is 0 Å². The van der Waals surface area contributed by atoms with Crippen LogP contribution in [0.2, 0.25) is 0 Å². The van der Waals surface area contributed by atoms with E-state index in [1.165, 1.54) is 0 Å². The standard InChI is InChI=1S/C57H88O5/c1-4-7-10-13-16-19-22-25-27-28-29-31-34-37-40-43-46-49-52-60-53-55(62-57(59)51-48-45-42-39-36-32-24-21-18-15-12-9-6-3)54-61-56(58)50-47-44-41-38-35-33-30-26-23-20-17-14-11-8-5-2/h7-12,16-21,25-27,29-32,35-38,40,55H,4-6,13-15,22-24,28,33-34,39,41-54H2,1-3H3/b10-7-,11-8-,12-9-,19-16-,20-17-,21-18-,27-25-,30-26-,31-29-,36-32-,38-35-,40-37-. The number of rotatable bonds is 42. The van der Waals surface area contributed by atoms with Crippen molar-refractivity contribution in [2.75, 3.05) is 19.8 Å². The second-order valence-electron chi connectivity index (χ2n) is 15.2. The van der Waals surface area contributed by atoms with Gasteiger partial charge in [-0.15, -0.1) is 0 Å². The quantitative estimate of drug-likeness (QED) is 0.0348. The Morgan fingerprint density at radius 3 is 1.08 bits per heavy atom. The van der Waals surface area contributed by atoms with Crippen LogP contribution in [0.25, 0.3) is 0 Å². The summed E-state index contributed by atoms with van der Waals surface area (Å²) in [6.45, 7) is 7.27. The van der Waals surface area contributed by atoms with Crippen LogP contribution < -0.4 is 0 Å². The van der Waals surface area contributed by atoms with E-state index in [2.05, 4.69) is 167 Å². The molecule has 0 spiro atoms. The molecular formula is C57H88O5. The van der Waals surface area contributed by atoms with Gasteiger partial charge in [0.25, 0.3) is 0 Å². The molecule has 0 aliphatic rings. The Kier molecular flexibility index (Phi) is 47.7. The van der Waals surface area contributed by atoms with Crippen molar-refractivity contribution in [2.24, 2.45) is 0 Å². The van der Waals surface area contributed by atoms with Gasteiger partial charge in [-0.3, -0.25) is 9.59 Å². The highest BCUT2D eigenvalue weighted by Crippen LogP contribution is 2.10. The second kappa shape index (κ2) is 51.1. The lowest BCUT2D eigenvalue weighted by atomic mass is 10.1. The molecule has 0 fully saturated rings. The van der Waals surface area contributed by atoms with Gasteiger partial charge in [0.15, 0.2) is 6.10 Å². The van der Waals surface area contributed by atoms with E-state index in [4.69, 9.17) is 14.2 Å². The van der Waals surface area contributed by atoms with Crippen molar-refractivity contribution in [3.63, 3.8) is 0 Å². The van der Waals surface area contributed by atoms with E-state index >= 15 is 0 Å². The number of hydrogen-bond donors (Lipinski definition) is 0. The first-order valence-corrected chi connectivity index (χ1v) is 24.4. The minimum absolute atomic E-state index is 0.0234. The number of hydrogen-bond acceptors (Lipinski definition) is 5. The number of esters is 2. The molecule has 1 unspecified atom stereocenters. The topological polar surface area (TPSA) is 61.8 Å². The van der Waals surface area contributed by atoms with Crippen molar-refractivity contribution in [3.8, 4) is 0 Å². The third-order valence-electron chi connectivity index (χ3n) is 9.35. The summed E-state index contributed by atoms with van der Waals surface area (Å²) < 4.78 is 17.3. The summed E-state index contributed by atoms with van der Waals surface area (Å²) >= 11 is 0. The summed E-state index contributed by atoms with van der Waals surface area (Å²) in [6.07, 6.45) is 74.3. The normalized spacial score (nSPS) is 13.5. The molecule has 0 amide bonds. The lowest BCUT2D eigenvalue weighted by molar-refractivity contribution is -0.163. The third kappa shape index (κ3) is 48.4. The van der Waals surface area contributed by atoms with E-state index in [0.29, 0.717) is 19.4 Å². The van der Waals surface area contributed by atoms with Crippen LogP contribution in [0.1, 0.15) is 175 Å². The number of ether oxygens (including phenoxy) is 3. The smallest absolute Gasteiger partial charge is 0.306 e. The summed E-state index contributed by atoms with van der Waals surface area (Å²) in [5, 5.41) is 0. The summed E-state index contributed by atoms with van der Waals surface area (Å²) in [4.78, 5) is 25.3. The number of carbonyl (C=O) groups is 2. The number of unbranched alkanes of at least 4 members (excludes halogenated alkanes) is 7. The average Bonchev–Trinajstić information content (AvgIpc) is 3.27. The van der Waals surface area contributed by atoms with Crippen LogP contribution in [0.5, 0.6) is 0 Å². The molecule has 0 N–H and O–H groups in total. The van der Waals surface area contributed by atoms with Crippen molar-refractivity contribution in [1.82, 2.24) is 0 Å². The van der Waals surface area contributed by atoms with E-state index in [0.717, 1.165) is 141 Å². The van der Waals surface area contributed by atoms with Crippen LogP contribution in [-0.2, 0) is 23.8 Å². The zero-order valence-electron chi connectivity index (χ0n) is 39.6. The fraction of sp³-hybridized carbons (Fsp3) is 0.544. The van der Waals surface area contributed by atoms with Gasteiger partial charge in [-0.1, -0.05) is 173 Å². The number of carbonyl (C=O) groups excluding carboxylic acids is 2. The molecule has 0 saturated carbocycles. The molecule has 0 aromatic heterocycles. The lowest BCUT2D eigenvalue weighted by Gasteiger charge is -2.18. The molecular weight excluding hydrogens is 765 g/mol. The van der Waals surface area contributed by atoms with E-state index in [-0.39, 0.29) is 25.2 Å². The molecule has 62 heavy (non-hydrogen) atoms. The fourth-order valence-corrected chi connectivity index (χ4v) is 5.83.